The molecule has 1 aliphatic heterocycles. The third-order valence-electron chi connectivity index (χ3n) is 4.59. The highest BCUT2D eigenvalue weighted by Gasteiger charge is 2.22. The van der Waals surface area contributed by atoms with Crippen LogP contribution in [0.3, 0.4) is 0 Å². The third kappa shape index (κ3) is 5.13. The fraction of sp³-hybridized carbons (Fsp3) is 0.750. The van der Waals surface area contributed by atoms with Crippen LogP contribution in [0.5, 0.6) is 0 Å². The molecule has 0 bridgehead atoms. The monoisotopic (exact) mass is 323 g/mol. The molecule has 2 heterocycles. The van der Waals surface area contributed by atoms with Gasteiger partial charge in [0, 0.05) is 38.9 Å². The molecule has 0 spiro atoms. The third-order valence-corrected chi connectivity index (χ3v) is 4.59. The Morgan fingerprint density at radius 1 is 1.57 bits per heavy atom. The summed E-state index contributed by atoms with van der Waals surface area (Å²) in [5, 5.41) is 19.9. The van der Waals surface area contributed by atoms with Gasteiger partial charge in [0.2, 0.25) is 0 Å². The van der Waals surface area contributed by atoms with Crippen LogP contribution in [0.4, 0.5) is 10.5 Å². The number of hydrogen-bond acceptors (Lipinski definition) is 4. The van der Waals surface area contributed by atoms with Gasteiger partial charge >= 0.3 is 6.03 Å². The molecule has 0 radical (unpaired) electrons. The molecule has 2 rings (SSSR count). The fourth-order valence-electron chi connectivity index (χ4n) is 2.81. The Kier molecular flexibility index (Phi) is 6.27. The first-order chi connectivity index (χ1) is 11.0. The van der Waals surface area contributed by atoms with Crippen LogP contribution in [-0.4, -0.2) is 52.7 Å². The Morgan fingerprint density at radius 3 is 3.00 bits per heavy atom. The summed E-state index contributed by atoms with van der Waals surface area (Å²) in [7, 11) is 1.90. The topological polar surface area (TPSA) is 82.4 Å². The zero-order chi connectivity index (χ0) is 16.8. The predicted octanol–water partition coefficient (Wildman–Crippen LogP) is 1.10. The lowest BCUT2D eigenvalue weighted by molar-refractivity contribution is 0.114. The number of amides is 2. The molecule has 1 aliphatic rings. The number of aryl methyl sites for hydroxylation is 1. The van der Waals surface area contributed by atoms with Gasteiger partial charge in [0.15, 0.2) is 0 Å². The summed E-state index contributed by atoms with van der Waals surface area (Å²) in [4.78, 5) is 14.3. The predicted molar refractivity (Wildman–Crippen MR) is 90.4 cm³/mol. The first-order valence-corrected chi connectivity index (χ1v) is 8.45. The number of aliphatic hydroxyl groups is 1. The van der Waals surface area contributed by atoms with Crippen molar-refractivity contribution in [3.05, 3.63) is 12.4 Å². The highest BCUT2D eigenvalue weighted by molar-refractivity contribution is 5.74. The highest BCUT2D eigenvalue weighted by atomic mass is 16.3. The van der Waals surface area contributed by atoms with Crippen LogP contribution < -0.4 is 15.5 Å². The molecule has 3 atom stereocenters. The second kappa shape index (κ2) is 8.19. The highest BCUT2D eigenvalue weighted by Crippen LogP contribution is 2.18. The maximum Gasteiger partial charge on any atom is 0.315 e. The van der Waals surface area contributed by atoms with Gasteiger partial charge in [-0.25, -0.2) is 4.79 Å². The van der Waals surface area contributed by atoms with Crippen LogP contribution >= 0.6 is 0 Å². The van der Waals surface area contributed by atoms with Gasteiger partial charge in [-0.3, -0.25) is 4.68 Å². The molecule has 23 heavy (non-hydrogen) atoms. The first kappa shape index (κ1) is 17.6. The van der Waals surface area contributed by atoms with E-state index in [0.29, 0.717) is 6.54 Å². The van der Waals surface area contributed by atoms with Crippen molar-refractivity contribution in [1.29, 1.82) is 0 Å². The quantitative estimate of drug-likeness (QED) is 0.732. The van der Waals surface area contributed by atoms with Gasteiger partial charge < -0.3 is 20.6 Å². The van der Waals surface area contributed by atoms with Gasteiger partial charge in [-0.2, -0.15) is 5.10 Å². The Bertz CT molecular complexity index is 504. The number of hydrogen-bond donors (Lipinski definition) is 3. The number of piperidine rings is 1. The summed E-state index contributed by atoms with van der Waals surface area (Å²) < 4.78 is 1.79. The number of anilines is 1. The minimum Gasteiger partial charge on any atom is -0.391 e. The minimum absolute atomic E-state index is 0.115. The number of aromatic nitrogens is 2. The van der Waals surface area contributed by atoms with Crippen molar-refractivity contribution in [3.63, 3.8) is 0 Å². The van der Waals surface area contributed by atoms with E-state index in [-0.39, 0.29) is 18.0 Å². The van der Waals surface area contributed by atoms with E-state index in [1.807, 2.05) is 33.3 Å². The van der Waals surface area contributed by atoms with Gasteiger partial charge in [0.05, 0.1) is 18.0 Å². The Morgan fingerprint density at radius 2 is 2.35 bits per heavy atom. The normalized spacial score (nSPS) is 20.9. The van der Waals surface area contributed by atoms with Crippen molar-refractivity contribution in [2.75, 3.05) is 24.5 Å². The second-order valence-corrected chi connectivity index (χ2v) is 6.46. The molecule has 130 valence electrons. The fourth-order valence-corrected chi connectivity index (χ4v) is 2.81. The molecule has 3 unspecified atom stereocenters. The summed E-state index contributed by atoms with van der Waals surface area (Å²) in [6, 6.07) is -0.0879. The molecule has 0 aliphatic carbocycles. The van der Waals surface area contributed by atoms with Gasteiger partial charge in [0.1, 0.15) is 0 Å². The molecule has 0 saturated carbocycles. The van der Waals surface area contributed by atoms with Crippen molar-refractivity contribution >= 4 is 11.7 Å². The largest absolute Gasteiger partial charge is 0.391 e. The molecule has 1 aromatic rings. The number of nitrogens with one attached hydrogen (secondary N) is 2. The first-order valence-electron chi connectivity index (χ1n) is 8.45. The standard InChI is InChI=1S/C16H29N5O2/c1-4-12(2)15(22)9-17-16(23)19-13-6-5-7-21(10-13)14-8-18-20(3)11-14/h8,11-13,15,22H,4-7,9-10H2,1-3H3,(H2,17,19,23). The van der Waals surface area contributed by atoms with Crippen LogP contribution in [0.15, 0.2) is 12.4 Å². The maximum absolute atomic E-state index is 12.0. The van der Waals surface area contributed by atoms with Crippen molar-refractivity contribution in [2.45, 2.75) is 45.3 Å². The van der Waals surface area contributed by atoms with Crippen molar-refractivity contribution in [2.24, 2.45) is 13.0 Å². The van der Waals surface area contributed by atoms with E-state index in [1.165, 1.54) is 0 Å². The second-order valence-electron chi connectivity index (χ2n) is 6.46. The lowest BCUT2D eigenvalue weighted by Crippen LogP contribution is -2.51. The van der Waals surface area contributed by atoms with E-state index < -0.39 is 6.10 Å². The van der Waals surface area contributed by atoms with E-state index >= 15 is 0 Å². The van der Waals surface area contributed by atoms with E-state index in [2.05, 4.69) is 20.6 Å². The summed E-state index contributed by atoms with van der Waals surface area (Å²) in [5.74, 6) is 0.186. The molecule has 2 amide bonds. The number of aliphatic hydroxyl groups excluding tert-OH is 1. The molecular formula is C16H29N5O2. The maximum atomic E-state index is 12.0. The molecule has 0 aromatic carbocycles. The minimum atomic E-state index is -0.496. The molecule has 1 aromatic heterocycles. The van der Waals surface area contributed by atoms with E-state index in [0.717, 1.165) is 38.0 Å². The van der Waals surface area contributed by atoms with E-state index in [4.69, 9.17) is 0 Å². The van der Waals surface area contributed by atoms with Crippen LogP contribution in [0.25, 0.3) is 0 Å². The number of carbonyl (C=O) groups is 1. The van der Waals surface area contributed by atoms with Gasteiger partial charge in [-0.1, -0.05) is 20.3 Å². The zero-order valence-electron chi connectivity index (χ0n) is 14.3. The van der Waals surface area contributed by atoms with E-state index in [9.17, 15) is 9.90 Å². The van der Waals surface area contributed by atoms with E-state index in [1.54, 1.807) is 4.68 Å². The average Bonchev–Trinajstić information content (AvgIpc) is 2.98. The lowest BCUT2D eigenvalue weighted by atomic mass is 10.0. The molecule has 7 nitrogen and oxygen atoms in total. The number of nitrogens with zero attached hydrogens (tertiary/aromatic N) is 3. The SMILES string of the molecule is CCC(C)C(O)CNC(=O)NC1CCCN(c2cnn(C)c2)C1. The summed E-state index contributed by atoms with van der Waals surface area (Å²) in [5.41, 5.74) is 1.09. The smallest absolute Gasteiger partial charge is 0.315 e. The van der Waals surface area contributed by atoms with Gasteiger partial charge in [0.25, 0.3) is 0 Å². The van der Waals surface area contributed by atoms with Crippen molar-refractivity contribution in [3.8, 4) is 0 Å². The van der Waals surface area contributed by atoms with Crippen LogP contribution in [0.2, 0.25) is 0 Å². The summed E-state index contributed by atoms with van der Waals surface area (Å²) in [6.45, 7) is 6.07. The van der Waals surface area contributed by atoms with Gasteiger partial charge in [-0.15, -0.1) is 0 Å². The summed E-state index contributed by atoms with van der Waals surface area (Å²) in [6.07, 6.45) is 6.25. The zero-order valence-corrected chi connectivity index (χ0v) is 14.3. The van der Waals surface area contributed by atoms with Crippen molar-refractivity contribution < 1.29 is 9.90 Å². The van der Waals surface area contributed by atoms with Crippen LogP contribution in [0.1, 0.15) is 33.1 Å². The number of urea groups is 1. The van der Waals surface area contributed by atoms with Crippen molar-refractivity contribution in [1.82, 2.24) is 20.4 Å². The number of carbonyl (C=O) groups excluding carboxylic acids is 1. The number of rotatable bonds is 6. The Hall–Kier alpha value is -1.76. The molecular weight excluding hydrogens is 294 g/mol. The molecule has 3 N–H and O–H groups in total. The van der Waals surface area contributed by atoms with Gasteiger partial charge in [-0.05, 0) is 18.8 Å². The summed E-state index contributed by atoms with van der Waals surface area (Å²) >= 11 is 0. The molecule has 1 saturated heterocycles. The average molecular weight is 323 g/mol. The lowest BCUT2D eigenvalue weighted by Gasteiger charge is -2.33. The molecule has 7 heteroatoms. The van der Waals surface area contributed by atoms with Crippen LogP contribution in [0, 0.1) is 5.92 Å². The van der Waals surface area contributed by atoms with Crippen LogP contribution in [-0.2, 0) is 7.05 Å². The molecule has 1 fully saturated rings. The Balaban J connectivity index is 1.77. The Labute approximate surface area is 138 Å².